The van der Waals surface area contributed by atoms with Crippen LogP contribution in [0.5, 0.6) is 0 Å². The Morgan fingerprint density at radius 1 is 1.14 bits per heavy atom. The molecule has 0 bridgehead atoms. The Morgan fingerprint density at radius 2 is 1.78 bits per heavy atom. The number of hydrogen-bond donors (Lipinski definition) is 0. The molecule has 3 rings (SSSR count). The Kier molecular flexibility index (Phi) is 8.21. The quantitative estimate of drug-likeness (QED) is 0.375. The van der Waals surface area contributed by atoms with Crippen molar-refractivity contribution in [3.8, 4) is 0 Å². The number of nitrogens with zero attached hydrogens (tertiary/aromatic N) is 2. The predicted octanol–water partition coefficient (Wildman–Crippen LogP) is 4.23. The van der Waals surface area contributed by atoms with Crippen LogP contribution in [0.4, 0.5) is 22.4 Å². The molecule has 2 saturated heterocycles. The number of likely N-dealkylation sites (tertiary alicyclic amines) is 1. The average molecular weight is 521 g/mol. The molecule has 0 unspecified atom stereocenters. The summed E-state index contributed by atoms with van der Waals surface area (Å²) >= 11 is 0. The van der Waals surface area contributed by atoms with E-state index in [-0.39, 0.29) is 13.2 Å². The lowest BCUT2D eigenvalue weighted by molar-refractivity contribution is -0.241. The fraction of sp³-hybridized carbons (Fsp3) is 0.667. The number of ether oxygens (including phenoxy) is 3. The second-order valence-electron chi connectivity index (χ2n) is 10.4. The summed E-state index contributed by atoms with van der Waals surface area (Å²) in [6.07, 6.45) is -2.49. The maximum Gasteiger partial charge on any atom is 0.410 e. The molecule has 1 aromatic carbocycles. The first kappa shape index (κ1) is 28.1. The van der Waals surface area contributed by atoms with Gasteiger partial charge >= 0.3 is 18.7 Å². The molecule has 0 spiro atoms. The molecule has 0 saturated carbocycles. The van der Waals surface area contributed by atoms with Gasteiger partial charge in [0, 0.05) is 0 Å². The molecular formula is C24H32F4N2O6. The third kappa shape index (κ3) is 6.46. The second-order valence-corrected chi connectivity index (χ2v) is 10.4. The number of carbonyl (C=O) groups is 2. The summed E-state index contributed by atoms with van der Waals surface area (Å²) in [6.45, 7) is 2.32. The van der Waals surface area contributed by atoms with E-state index in [0.717, 1.165) is 9.96 Å². The topological polar surface area (TPSA) is 77.5 Å². The van der Waals surface area contributed by atoms with Crippen LogP contribution < -0.4 is 0 Å². The SMILES string of the molecule is CC(C)(C)OC(=O)N1CC(F)(F)[C@@H]2[C@H]1CON2C[C@H](OC(F)F)C(C)(C)C(=O)OCc1ccccc1. The van der Waals surface area contributed by atoms with Crippen molar-refractivity contribution in [1.29, 1.82) is 0 Å². The van der Waals surface area contributed by atoms with E-state index < -0.39 is 66.9 Å². The Morgan fingerprint density at radius 3 is 2.36 bits per heavy atom. The summed E-state index contributed by atoms with van der Waals surface area (Å²) in [4.78, 5) is 31.7. The normalized spacial score (nSPS) is 23.0. The minimum absolute atomic E-state index is 0.0989. The van der Waals surface area contributed by atoms with E-state index in [9.17, 15) is 18.4 Å². The Balaban J connectivity index is 1.74. The van der Waals surface area contributed by atoms with Gasteiger partial charge in [-0.2, -0.15) is 13.8 Å². The molecule has 202 valence electrons. The molecule has 3 atom stereocenters. The standard InChI is InChI=1S/C24H32F4N2O6/c1-22(2,3)36-21(32)29-14-24(27,28)18-16(29)13-34-30(18)11-17(35-20(25)26)23(4,5)19(31)33-12-15-9-7-6-8-10-15/h6-10,16-18,20H,11-14H2,1-5H3/t16-,17+,18+/m1/s1. The largest absolute Gasteiger partial charge is 0.460 e. The molecule has 0 N–H and O–H groups in total. The fourth-order valence-electron chi connectivity index (χ4n) is 4.18. The van der Waals surface area contributed by atoms with Crippen molar-refractivity contribution in [2.24, 2.45) is 5.41 Å². The van der Waals surface area contributed by atoms with Crippen LogP contribution in [0.3, 0.4) is 0 Å². The van der Waals surface area contributed by atoms with Gasteiger partial charge in [-0.1, -0.05) is 30.3 Å². The van der Waals surface area contributed by atoms with Crippen molar-refractivity contribution in [1.82, 2.24) is 9.96 Å². The van der Waals surface area contributed by atoms with E-state index in [1.165, 1.54) is 13.8 Å². The molecule has 1 amide bonds. The van der Waals surface area contributed by atoms with E-state index in [2.05, 4.69) is 0 Å². The average Bonchev–Trinajstić information content (AvgIpc) is 3.30. The van der Waals surface area contributed by atoms with Crippen molar-refractivity contribution < 1.29 is 46.2 Å². The fourth-order valence-corrected chi connectivity index (χ4v) is 4.18. The van der Waals surface area contributed by atoms with Crippen LogP contribution in [0, 0.1) is 5.41 Å². The molecule has 2 heterocycles. The van der Waals surface area contributed by atoms with Gasteiger partial charge in [-0.3, -0.25) is 14.5 Å². The lowest BCUT2D eigenvalue weighted by atomic mass is 9.86. The van der Waals surface area contributed by atoms with Gasteiger partial charge in [0.1, 0.15) is 18.2 Å². The number of esters is 1. The van der Waals surface area contributed by atoms with Crippen LogP contribution in [0.15, 0.2) is 30.3 Å². The number of hydrogen-bond acceptors (Lipinski definition) is 7. The lowest BCUT2D eigenvalue weighted by Gasteiger charge is -2.36. The van der Waals surface area contributed by atoms with Gasteiger partial charge in [-0.15, -0.1) is 0 Å². The van der Waals surface area contributed by atoms with Crippen molar-refractivity contribution in [2.45, 2.75) is 77.5 Å². The molecule has 1 aromatic rings. The third-order valence-electron chi connectivity index (χ3n) is 6.08. The number of rotatable bonds is 8. The zero-order chi connectivity index (χ0) is 26.9. The molecule has 2 aliphatic heterocycles. The Labute approximate surface area is 207 Å². The van der Waals surface area contributed by atoms with Gasteiger partial charge in [0.05, 0.1) is 37.3 Å². The van der Waals surface area contributed by atoms with Crippen LogP contribution in [0.1, 0.15) is 40.2 Å². The smallest absolute Gasteiger partial charge is 0.410 e. The van der Waals surface area contributed by atoms with Crippen molar-refractivity contribution >= 4 is 12.1 Å². The van der Waals surface area contributed by atoms with Gasteiger partial charge < -0.3 is 14.2 Å². The number of fused-ring (bicyclic) bond motifs is 1. The monoisotopic (exact) mass is 520 g/mol. The van der Waals surface area contributed by atoms with Gasteiger partial charge in [0.2, 0.25) is 0 Å². The first-order chi connectivity index (χ1) is 16.6. The summed E-state index contributed by atoms with van der Waals surface area (Å²) in [5.41, 5.74) is -1.86. The Hall–Kier alpha value is -2.44. The molecule has 2 aliphatic rings. The Bertz CT molecular complexity index is 925. The molecule has 12 heteroatoms. The number of carbonyl (C=O) groups excluding carboxylic acids is 2. The zero-order valence-corrected chi connectivity index (χ0v) is 20.9. The lowest BCUT2D eigenvalue weighted by Crippen LogP contribution is -2.52. The maximum absolute atomic E-state index is 15.0. The molecule has 36 heavy (non-hydrogen) atoms. The van der Waals surface area contributed by atoms with Crippen molar-refractivity contribution in [3.63, 3.8) is 0 Å². The predicted molar refractivity (Wildman–Crippen MR) is 119 cm³/mol. The molecular weight excluding hydrogens is 488 g/mol. The van der Waals surface area contributed by atoms with Gasteiger partial charge in [0.15, 0.2) is 0 Å². The van der Waals surface area contributed by atoms with Crippen molar-refractivity contribution in [3.05, 3.63) is 35.9 Å². The van der Waals surface area contributed by atoms with E-state index in [1.54, 1.807) is 51.1 Å². The number of benzene rings is 1. The number of alkyl halides is 4. The summed E-state index contributed by atoms with van der Waals surface area (Å²) in [7, 11) is 0. The minimum Gasteiger partial charge on any atom is -0.460 e. The van der Waals surface area contributed by atoms with E-state index in [0.29, 0.717) is 5.56 Å². The number of amides is 1. The summed E-state index contributed by atoms with van der Waals surface area (Å²) < 4.78 is 71.9. The highest BCUT2D eigenvalue weighted by Gasteiger charge is 2.63. The number of hydroxylamine groups is 2. The van der Waals surface area contributed by atoms with Crippen LogP contribution >= 0.6 is 0 Å². The first-order valence-electron chi connectivity index (χ1n) is 11.5. The first-order valence-corrected chi connectivity index (χ1v) is 11.5. The highest BCUT2D eigenvalue weighted by atomic mass is 19.3. The number of halogens is 4. The third-order valence-corrected chi connectivity index (χ3v) is 6.08. The van der Waals surface area contributed by atoms with Gasteiger partial charge in [-0.25, -0.2) is 13.6 Å². The van der Waals surface area contributed by atoms with Crippen LogP contribution in [-0.4, -0.2) is 78.0 Å². The molecule has 0 aliphatic carbocycles. The summed E-state index contributed by atoms with van der Waals surface area (Å²) in [5.74, 6) is -4.27. The molecule has 0 radical (unpaired) electrons. The van der Waals surface area contributed by atoms with Crippen molar-refractivity contribution in [2.75, 3.05) is 19.7 Å². The van der Waals surface area contributed by atoms with Crippen LogP contribution in [-0.2, 0) is 30.4 Å². The second kappa shape index (κ2) is 10.5. The van der Waals surface area contributed by atoms with E-state index in [4.69, 9.17) is 19.0 Å². The van der Waals surface area contributed by atoms with Crippen LogP contribution in [0.25, 0.3) is 0 Å². The van der Waals surface area contributed by atoms with Gasteiger partial charge in [0.25, 0.3) is 5.92 Å². The highest BCUT2D eigenvalue weighted by Crippen LogP contribution is 2.42. The maximum atomic E-state index is 15.0. The minimum atomic E-state index is -3.43. The van der Waals surface area contributed by atoms with Gasteiger partial charge in [-0.05, 0) is 40.2 Å². The zero-order valence-electron chi connectivity index (χ0n) is 20.9. The summed E-state index contributed by atoms with van der Waals surface area (Å²) in [5, 5.41) is 0.828. The van der Waals surface area contributed by atoms with E-state index in [1.807, 2.05) is 0 Å². The van der Waals surface area contributed by atoms with Crippen LogP contribution in [0.2, 0.25) is 0 Å². The molecule has 2 fully saturated rings. The highest BCUT2D eigenvalue weighted by molar-refractivity contribution is 5.76. The summed E-state index contributed by atoms with van der Waals surface area (Å²) in [6, 6.07) is 6.03. The molecule has 0 aromatic heterocycles. The molecule has 8 nitrogen and oxygen atoms in total. The van der Waals surface area contributed by atoms with E-state index >= 15 is 8.78 Å².